The van der Waals surface area contributed by atoms with Gasteiger partial charge in [-0.3, -0.25) is 4.40 Å². The van der Waals surface area contributed by atoms with Gasteiger partial charge in [-0.15, -0.1) is 0 Å². The van der Waals surface area contributed by atoms with Gasteiger partial charge in [0.2, 0.25) is 5.95 Å². The van der Waals surface area contributed by atoms with Crippen molar-refractivity contribution in [2.45, 2.75) is 6.54 Å². The van der Waals surface area contributed by atoms with Crippen LogP contribution in [0.25, 0.3) is 5.65 Å². The van der Waals surface area contributed by atoms with Crippen molar-refractivity contribution in [3.63, 3.8) is 0 Å². The maximum atomic E-state index is 13.8. The SMILES string of the molecule is N#Cc1cn2c(NCc3c(F)ccc(O)c3O)ncc(Br)c2n1. The summed E-state index contributed by atoms with van der Waals surface area (Å²) < 4.78 is 15.9. The van der Waals surface area contributed by atoms with Crippen LogP contribution in [0, 0.1) is 17.1 Å². The molecule has 0 spiro atoms. The van der Waals surface area contributed by atoms with Crippen molar-refractivity contribution < 1.29 is 14.6 Å². The average Bonchev–Trinajstić information content (AvgIpc) is 2.98. The Morgan fingerprint density at radius 3 is 2.91 bits per heavy atom. The number of nitrogens with zero attached hydrogens (tertiary/aromatic N) is 4. The van der Waals surface area contributed by atoms with Gasteiger partial charge in [-0.05, 0) is 28.1 Å². The highest BCUT2D eigenvalue weighted by Gasteiger charge is 2.14. The number of anilines is 1. The molecule has 7 nitrogen and oxygen atoms in total. The maximum Gasteiger partial charge on any atom is 0.209 e. The molecule has 3 rings (SSSR count). The number of nitrogens with one attached hydrogen (secondary N) is 1. The third-order valence-electron chi connectivity index (χ3n) is 3.19. The molecule has 116 valence electrons. The summed E-state index contributed by atoms with van der Waals surface area (Å²) in [6.07, 6.45) is 2.97. The molecule has 23 heavy (non-hydrogen) atoms. The van der Waals surface area contributed by atoms with E-state index in [0.29, 0.717) is 16.1 Å². The third kappa shape index (κ3) is 2.64. The van der Waals surface area contributed by atoms with Crippen molar-refractivity contribution in [2.75, 3.05) is 5.32 Å². The van der Waals surface area contributed by atoms with Crippen LogP contribution >= 0.6 is 15.9 Å². The Bertz CT molecular complexity index is 950. The summed E-state index contributed by atoms with van der Waals surface area (Å²) in [4.78, 5) is 8.25. The Hall–Kier alpha value is -2.86. The van der Waals surface area contributed by atoms with Crippen LogP contribution in [0.4, 0.5) is 10.3 Å². The minimum Gasteiger partial charge on any atom is -0.504 e. The Morgan fingerprint density at radius 1 is 1.39 bits per heavy atom. The quantitative estimate of drug-likeness (QED) is 0.605. The zero-order valence-electron chi connectivity index (χ0n) is 11.5. The van der Waals surface area contributed by atoms with Crippen molar-refractivity contribution >= 4 is 27.5 Å². The lowest BCUT2D eigenvalue weighted by Gasteiger charge is -2.11. The number of aromatic nitrogens is 3. The van der Waals surface area contributed by atoms with E-state index in [9.17, 15) is 14.6 Å². The second-order valence-corrected chi connectivity index (χ2v) is 5.46. The van der Waals surface area contributed by atoms with Crippen LogP contribution in [0.15, 0.2) is 29.0 Å². The van der Waals surface area contributed by atoms with Gasteiger partial charge in [-0.25, -0.2) is 14.4 Å². The first-order chi connectivity index (χ1) is 11.0. The second kappa shape index (κ2) is 5.73. The molecule has 2 aromatic heterocycles. The summed E-state index contributed by atoms with van der Waals surface area (Å²) in [7, 11) is 0. The third-order valence-corrected chi connectivity index (χ3v) is 3.75. The van der Waals surface area contributed by atoms with Crippen LogP contribution in [-0.4, -0.2) is 24.6 Å². The molecule has 0 unspecified atom stereocenters. The van der Waals surface area contributed by atoms with Crippen LogP contribution in [-0.2, 0) is 6.54 Å². The summed E-state index contributed by atoms with van der Waals surface area (Å²) in [6.45, 7) is -0.115. The van der Waals surface area contributed by atoms with Gasteiger partial charge < -0.3 is 15.5 Å². The maximum absolute atomic E-state index is 13.8. The van der Waals surface area contributed by atoms with E-state index in [4.69, 9.17) is 5.26 Å². The monoisotopic (exact) mass is 377 g/mol. The first-order valence-electron chi connectivity index (χ1n) is 6.38. The molecule has 0 bridgehead atoms. The number of rotatable bonds is 3. The number of imidazole rings is 1. The van der Waals surface area contributed by atoms with Crippen LogP contribution in [0.2, 0.25) is 0 Å². The normalized spacial score (nSPS) is 10.7. The minimum absolute atomic E-state index is 0.0940. The topological polar surface area (TPSA) is 106 Å². The highest BCUT2D eigenvalue weighted by atomic mass is 79.9. The van der Waals surface area contributed by atoms with Crippen molar-refractivity contribution in [3.8, 4) is 17.6 Å². The van der Waals surface area contributed by atoms with E-state index in [1.807, 2.05) is 6.07 Å². The molecule has 9 heteroatoms. The summed E-state index contributed by atoms with van der Waals surface area (Å²) in [5, 5.41) is 31.0. The number of hydrogen-bond acceptors (Lipinski definition) is 6. The largest absolute Gasteiger partial charge is 0.504 e. The van der Waals surface area contributed by atoms with Crippen molar-refractivity contribution in [1.29, 1.82) is 5.26 Å². The molecule has 2 heterocycles. The molecule has 0 fully saturated rings. The molecule has 0 atom stereocenters. The predicted octanol–water partition coefficient (Wildman–Crippen LogP) is 2.53. The van der Waals surface area contributed by atoms with Crippen molar-refractivity contribution in [1.82, 2.24) is 14.4 Å². The number of aromatic hydroxyl groups is 2. The van der Waals surface area contributed by atoms with Gasteiger partial charge >= 0.3 is 0 Å². The minimum atomic E-state index is -0.662. The van der Waals surface area contributed by atoms with Crippen LogP contribution in [0.5, 0.6) is 11.5 Å². The van der Waals surface area contributed by atoms with Gasteiger partial charge in [0, 0.05) is 12.7 Å². The van der Waals surface area contributed by atoms with Gasteiger partial charge in [-0.2, -0.15) is 5.26 Å². The molecular weight excluding hydrogens is 369 g/mol. The smallest absolute Gasteiger partial charge is 0.209 e. The lowest BCUT2D eigenvalue weighted by Crippen LogP contribution is -2.08. The molecule has 0 aliphatic carbocycles. The van der Waals surface area contributed by atoms with E-state index in [0.717, 1.165) is 12.1 Å². The van der Waals surface area contributed by atoms with Crippen molar-refractivity contribution in [3.05, 3.63) is 46.1 Å². The van der Waals surface area contributed by atoms with Gasteiger partial charge in [0.05, 0.1) is 16.2 Å². The first kappa shape index (κ1) is 15.1. The van der Waals surface area contributed by atoms with E-state index in [1.54, 1.807) is 0 Å². The second-order valence-electron chi connectivity index (χ2n) is 4.61. The molecule has 0 saturated heterocycles. The molecular formula is C14H9BrFN5O2. The average molecular weight is 378 g/mol. The predicted molar refractivity (Wildman–Crippen MR) is 82.5 cm³/mol. The number of hydrogen-bond donors (Lipinski definition) is 3. The summed E-state index contributed by atoms with van der Waals surface area (Å²) >= 11 is 3.29. The number of phenols is 2. The molecule has 0 radical (unpaired) electrons. The number of halogens is 2. The summed E-state index contributed by atoms with van der Waals surface area (Å²) in [5.74, 6) is -1.30. The fourth-order valence-electron chi connectivity index (χ4n) is 2.07. The van der Waals surface area contributed by atoms with Gasteiger partial charge in [0.15, 0.2) is 22.8 Å². The molecule has 0 aliphatic rings. The van der Waals surface area contributed by atoms with Gasteiger partial charge in [0.1, 0.15) is 11.9 Å². The van der Waals surface area contributed by atoms with Crippen molar-refractivity contribution in [2.24, 2.45) is 0 Å². The van der Waals surface area contributed by atoms with E-state index in [1.165, 1.54) is 16.8 Å². The highest BCUT2D eigenvalue weighted by Crippen LogP contribution is 2.31. The zero-order valence-corrected chi connectivity index (χ0v) is 13.0. The Balaban J connectivity index is 1.97. The highest BCUT2D eigenvalue weighted by molar-refractivity contribution is 9.10. The summed E-state index contributed by atoms with van der Waals surface area (Å²) in [5.41, 5.74) is 0.580. The summed E-state index contributed by atoms with van der Waals surface area (Å²) in [6, 6.07) is 4.05. The lowest BCUT2D eigenvalue weighted by molar-refractivity contribution is 0.394. The number of fused-ring (bicyclic) bond motifs is 1. The number of benzene rings is 1. The van der Waals surface area contributed by atoms with E-state index in [2.05, 4.69) is 31.2 Å². The Morgan fingerprint density at radius 2 is 2.17 bits per heavy atom. The standard InChI is InChI=1S/C14H9BrFN5O2/c15-9-5-19-14(21-6-7(3-17)20-13(9)21)18-4-8-10(16)1-2-11(22)12(8)23/h1-2,5-6,22-23H,4H2,(H,18,19). The van der Waals surface area contributed by atoms with Gasteiger partial charge in [-0.1, -0.05) is 0 Å². The van der Waals surface area contributed by atoms with Crippen LogP contribution in [0.3, 0.4) is 0 Å². The van der Waals surface area contributed by atoms with Crippen LogP contribution in [0.1, 0.15) is 11.3 Å². The Kier molecular flexibility index (Phi) is 3.75. The molecule has 0 aliphatic heterocycles. The number of phenolic OH excluding ortho intramolecular Hbond substituents is 2. The number of nitriles is 1. The van der Waals surface area contributed by atoms with Gasteiger partial charge in [0.25, 0.3) is 0 Å². The molecule has 3 N–H and O–H groups in total. The fraction of sp³-hybridized carbons (Fsp3) is 0.0714. The van der Waals surface area contributed by atoms with E-state index in [-0.39, 0.29) is 17.8 Å². The molecule has 0 amide bonds. The van der Waals surface area contributed by atoms with Crippen LogP contribution < -0.4 is 5.32 Å². The fourth-order valence-corrected chi connectivity index (χ4v) is 2.45. The molecule has 1 aromatic carbocycles. The lowest BCUT2D eigenvalue weighted by atomic mass is 10.1. The van der Waals surface area contributed by atoms with E-state index < -0.39 is 17.3 Å². The zero-order chi connectivity index (χ0) is 16.6. The molecule has 0 saturated carbocycles. The first-order valence-corrected chi connectivity index (χ1v) is 7.17. The van der Waals surface area contributed by atoms with E-state index >= 15 is 0 Å². The Labute approximate surface area is 137 Å². The molecule has 3 aromatic rings.